The Labute approximate surface area is 179 Å². The summed E-state index contributed by atoms with van der Waals surface area (Å²) in [5.41, 5.74) is 13.5. The first-order chi connectivity index (χ1) is 15.0. The maximum Gasteiger partial charge on any atom is 0.324 e. The molecule has 0 radical (unpaired) electrons. The summed E-state index contributed by atoms with van der Waals surface area (Å²) in [6.45, 7) is 4.02. The van der Waals surface area contributed by atoms with Crippen molar-refractivity contribution >= 4 is 23.4 Å². The van der Waals surface area contributed by atoms with E-state index in [-0.39, 0.29) is 12.6 Å². The highest BCUT2D eigenvalue weighted by Crippen LogP contribution is 2.39. The van der Waals surface area contributed by atoms with Crippen LogP contribution in [-0.4, -0.2) is 33.8 Å². The van der Waals surface area contributed by atoms with Crippen LogP contribution in [0.3, 0.4) is 0 Å². The Bertz CT molecular complexity index is 1140. The number of H-pyrrole nitrogens is 1. The molecule has 1 saturated heterocycles. The Morgan fingerprint density at radius 2 is 1.90 bits per heavy atom. The Morgan fingerprint density at radius 3 is 2.48 bits per heavy atom. The van der Waals surface area contributed by atoms with Gasteiger partial charge in [-0.05, 0) is 35.4 Å². The van der Waals surface area contributed by atoms with E-state index in [1.807, 2.05) is 24.3 Å². The number of benzene rings is 2. The van der Waals surface area contributed by atoms with E-state index >= 15 is 0 Å². The van der Waals surface area contributed by atoms with E-state index in [9.17, 15) is 4.79 Å². The van der Waals surface area contributed by atoms with Gasteiger partial charge in [0, 0.05) is 11.9 Å². The lowest BCUT2D eigenvalue weighted by Gasteiger charge is -2.29. The van der Waals surface area contributed by atoms with Crippen LogP contribution in [0.2, 0.25) is 0 Å². The smallest absolute Gasteiger partial charge is 0.324 e. The number of hydrogen-bond donors (Lipinski definition) is 4. The van der Waals surface area contributed by atoms with E-state index in [0.29, 0.717) is 28.8 Å². The Kier molecular flexibility index (Phi) is 5.08. The number of carbonyl (C=O) groups excluding carboxylic acids is 1. The maximum atomic E-state index is 13.2. The first-order valence-electron chi connectivity index (χ1n) is 9.56. The molecule has 4 rings (SSSR count). The van der Waals surface area contributed by atoms with Gasteiger partial charge in [-0.25, -0.2) is 14.8 Å². The molecule has 3 aromatic rings. The minimum Gasteiger partial charge on any atom is -0.497 e. The number of imidazole rings is 1. The monoisotopic (exact) mass is 417 g/mol. The zero-order chi connectivity index (χ0) is 22.0. The van der Waals surface area contributed by atoms with Gasteiger partial charge in [0.25, 0.3) is 0 Å². The summed E-state index contributed by atoms with van der Waals surface area (Å²) >= 11 is 0. The zero-order valence-electron chi connectivity index (χ0n) is 17.0. The second-order valence-electron chi connectivity index (χ2n) is 7.04. The molecule has 2 aromatic carbocycles. The number of nitrogens with zero attached hydrogens (tertiary/aromatic N) is 3. The molecule has 0 saturated carbocycles. The minimum atomic E-state index is -1.21. The van der Waals surface area contributed by atoms with Crippen molar-refractivity contribution < 1.29 is 9.53 Å². The number of amidine groups is 1. The van der Waals surface area contributed by atoms with E-state index in [0.717, 1.165) is 11.1 Å². The molecule has 1 aliphatic heterocycles. The van der Waals surface area contributed by atoms with Crippen molar-refractivity contribution in [3.8, 4) is 5.75 Å². The lowest BCUT2D eigenvalue weighted by Crippen LogP contribution is -2.46. The van der Waals surface area contributed by atoms with E-state index in [4.69, 9.17) is 16.2 Å². The van der Waals surface area contributed by atoms with Crippen molar-refractivity contribution in [3.05, 3.63) is 84.5 Å². The molecule has 1 atom stereocenters. The Morgan fingerprint density at radius 1 is 1.19 bits per heavy atom. The van der Waals surface area contributed by atoms with Crippen LogP contribution in [0.1, 0.15) is 16.8 Å². The van der Waals surface area contributed by atoms with Gasteiger partial charge in [0.05, 0.1) is 20.0 Å². The predicted octanol–water partition coefficient (Wildman–Crippen LogP) is 2.59. The molecule has 1 fully saturated rings. The maximum absolute atomic E-state index is 13.2. The van der Waals surface area contributed by atoms with Crippen LogP contribution in [0, 0.1) is 0 Å². The van der Waals surface area contributed by atoms with Crippen molar-refractivity contribution in [2.75, 3.05) is 18.6 Å². The summed E-state index contributed by atoms with van der Waals surface area (Å²) in [6.07, 6.45) is 2.88. The number of aliphatic imine (C=N–C) groups is 1. The van der Waals surface area contributed by atoms with Gasteiger partial charge < -0.3 is 26.5 Å². The van der Waals surface area contributed by atoms with Crippen LogP contribution in [0.15, 0.2) is 72.6 Å². The fourth-order valence-electron chi connectivity index (χ4n) is 3.73. The summed E-state index contributed by atoms with van der Waals surface area (Å²) in [6, 6.07) is 14.3. The average molecular weight is 417 g/mol. The standard InChI is InChI=1S/C22H23N7O2/c1-3-25-20-22(18-19(24)27-13-26-18,15-6-10-17(31-2)11-7-15)28-21(30)29(20)12-14-4-8-16(23)9-5-14/h3-11,13H,1,12,23-24H2,2H3,(H,26,27)(H,28,30)/b25-20+. The Hall–Kier alpha value is -4.27. The summed E-state index contributed by atoms with van der Waals surface area (Å²) < 4.78 is 5.28. The number of urea groups is 1. The van der Waals surface area contributed by atoms with Crippen molar-refractivity contribution in [3.63, 3.8) is 0 Å². The minimum absolute atomic E-state index is 0.279. The number of hydrogen-bond acceptors (Lipinski definition) is 6. The fraction of sp³-hybridized carbons (Fsp3) is 0.136. The molecule has 9 nitrogen and oxygen atoms in total. The highest BCUT2D eigenvalue weighted by molar-refractivity contribution is 6.12. The second kappa shape index (κ2) is 7.86. The molecule has 2 heterocycles. The molecule has 31 heavy (non-hydrogen) atoms. The highest BCUT2D eigenvalue weighted by Gasteiger charge is 2.54. The van der Waals surface area contributed by atoms with Crippen molar-refractivity contribution in [2.45, 2.75) is 12.1 Å². The normalized spacial score (nSPS) is 19.5. The lowest BCUT2D eigenvalue weighted by molar-refractivity contribution is 0.225. The van der Waals surface area contributed by atoms with Gasteiger partial charge >= 0.3 is 6.03 Å². The zero-order valence-corrected chi connectivity index (χ0v) is 17.0. The highest BCUT2D eigenvalue weighted by atomic mass is 16.5. The molecular formula is C22H23N7O2. The SMILES string of the molecule is C=C/N=C1/N(Cc2ccc(N)cc2)C(=O)NC1(c1ccc(OC)cc1)c1nc[nH]c1N. The number of nitrogen functional groups attached to an aromatic ring is 2. The molecule has 0 aliphatic carbocycles. The number of nitrogens with two attached hydrogens (primary N) is 2. The average Bonchev–Trinajstić information content (AvgIpc) is 3.32. The third-order valence-corrected chi connectivity index (χ3v) is 5.21. The number of methoxy groups -OCH3 is 1. The van der Waals surface area contributed by atoms with Crippen LogP contribution in [0.4, 0.5) is 16.3 Å². The number of rotatable bonds is 6. The largest absolute Gasteiger partial charge is 0.497 e. The van der Waals surface area contributed by atoms with Crippen molar-refractivity contribution in [1.82, 2.24) is 20.2 Å². The third kappa shape index (κ3) is 3.35. The second-order valence-corrected chi connectivity index (χ2v) is 7.04. The molecule has 0 bridgehead atoms. The molecule has 0 spiro atoms. The molecule has 9 heteroatoms. The van der Waals surface area contributed by atoms with Crippen molar-refractivity contribution in [1.29, 1.82) is 0 Å². The van der Waals surface area contributed by atoms with Crippen LogP contribution in [0.25, 0.3) is 0 Å². The van der Waals surface area contributed by atoms with E-state index < -0.39 is 5.54 Å². The van der Waals surface area contributed by atoms with Gasteiger partial charge in [-0.2, -0.15) is 0 Å². The van der Waals surface area contributed by atoms with Gasteiger partial charge in [-0.15, -0.1) is 0 Å². The number of carbonyl (C=O) groups is 1. The predicted molar refractivity (Wildman–Crippen MR) is 119 cm³/mol. The molecule has 2 amide bonds. The van der Waals surface area contributed by atoms with Crippen LogP contribution >= 0.6 is 0 Å². The number of nitrogens with one attached hydrogen (secondary N) is 2. The van der Waals surface area contributed by atoms with Crippen molar-refractivity contribution in [2.24, 2.45) is 4.99 Å². The number of anilines is 2. The third-order valence-electron chi connectivity index (χ3n) is 5.21. The first-order valence-corrected chi connectivity index (χ1v) is 9.56. The number of aromatic amines is 1. The van der Waals surface area contributed by atoms with Gasteiger partial charge in [0.1, 0.15) is 23.1 Å². The van der Waals surface area contributed by atoms with E-state index in [1.54, 1.807) is 36.3 Å². The fourth-order valence-corrected chi connectivity index (χ4v) is 3.73. The molecule has 1 unspecified atom stereocenters. The van der Waals surface area contributed by atoms with E-state index in [2.05, 4.69) is 26.9 Å². The summed E-state index contributed by atoms with van der Waals surface area (Å²) in [7, 11) is 1.59. The lowest BCUT2D eigenvalue weighted by atomic mass is 9.85. The quantitative estimate of drug-likeness (QED) is 0.457. The van der Waals surface area contributed by atoms with Gasteiger partial charge in [0.2, 0.25) is 0 Å². The molecule has 1 aromatic heterocycles. The number of ether oxygens (including phenoxy) is 1. The topological polar surface area (TPSA) is 135 Å². The van der Waals surface area contributed by atoms with E-state index in [1.165, 1.54) is 12.5 Å². The molecule has 158 valence electrons. The Balaban J connectivity index is 1.88. The van der Waals surface area contributed by atoms with Gasteiger partial charge in [-0.3, -0.25) is 4.90 Å². The molecule has 6 N–H and O–H groups in total. The summed E-state index contributed by atoms with van der Waals surface area (Å²) in [4.78, 5) is 26.6. The van der Waals surface area contributed by atoms with Crippen LogP contribution in [0.5, 0.6) is 5.75 Å². The summed E-state index contributed by atoms with van der Waals surface area (Å²) in [5.74, 6) is 1.41. The van der Waals surface area contributed by atoms with Crippen LogP contribution in [-0.2, 0) is 12.1 Å². The van der Waals surface area contributed by atoms with Gasteiger partial charge in [-0.1, -0.05) is 30.8 Å². The van der Waals surface area contributed by atoms with Crippen LogP contribution < -0.4 is 21.5 Å². The summed E-state index contributed by atoms with van der Waals surface area (Å²) in [5, 5.41) is 3.06. The molecular weight excluding hydrogens is 394 g/mol. The number of aromatic nitrogens is 2. The first kappa shape index (κ1) is 20.0. The molecule has 1 aliphatic rings. The number of amides is 2. The van der Waals surface area contributed by atoms with Gasteiger partial charge in [0.15, 0.2) is 5.54 Å².